The van der Waals surface area contributed by atoms with Crippen molar-refractivity contribution in [2.75, 3.05) is 19.7 Å². The highest BCUT2D eigenvalue weighted by Gasteiger charge is 2.24. The van der Waals surface area contributed by atoms with Gasteiger partial charge in [0, 0.05) is 13.1 Å². The Morgan fingerprint density at radius 2 is 2.10 bits per heavy atom. The van der Waals surface area contributed by atoms with Crippen LogP contribution in [0.1, 0.15) is 52.9 Å². The Kier molecular flexibility index (Phi) is 5.83. The predicted molar refractivity (Wildman–Crippen MR) is 120 cm³/mol. The van der Waals surface area contributed by atoms with E-state index in [2.05, 4.69) is 47.1 Å². The number of aromatic amines is 1. The van der Waals surface area contributed by atoms with Crippen molar-refractivity contribution in [3.8, 4) is 0 Å². The lowest BCUT2D eigenvalue weighted by Gasteiger charge is -2.31. The highest BCUT2D eigenvalue weighted by molar-refractivity contribution is 7.20. The van der Waals surface area contributed by atoms with Gasteiger partial charge in [0.15, 0.2) is 0 Å². The third-order valence-electron chi connectivity index (χ3n) is 5.61. The summed E-state index contributed by atoms with van der Waals surface area (Å²) in [5.74, 6) is 0.224. The fourth-order valence-electron chi connectivity index (χ4n) is 3.87. The van der Waals surface area contributed by atoms with Crippen LogP contribution in [-0.2, 0) is 4.74 Å². The fraction of sp³-hybridized carbons (Fsp3) is 0.348. The molecule has 1 aliphatic heterocycles. The van der Waals surface area contributed by atoms with Crippen molar-refractivity contribution in [1.29, 1.82) is 0 Å². The van der Waals surface area contributed by atoms with Gasteiger partial charge >= 0.3 is 5.97 Å². The van der Waals surface area contributed by atoms with Crippen molar-refractivity contribution in [1.82, 2.24) is 14.9 Å². The van der Waals surface area contributed by atoms with Crippen molar-refractivity contribution in [2.45, 2.75) is 33.2 Å². The van der Waals surface area contributed by atoms with Crippen molar-refractivity contribution in [2.24, 2.45) is 0 Å². The number of hydrogen-bond donors (Lipinski definition) is 1. The lowest BCUT2D eigenvalue weighted by Crippen LogP contribution is -2.33. The number of rotatable bonds is 5. The van der Waals surface area contributed by atoms with E-state index < -0.39 is 5.97 Å². The second-order valence-electron chi connectivity index (χ2n) is 7.42. The highest BCUT2D eigenvalue weighted by Crippen LogP contribution is 2.30. The van der Waals surface area contributed by atoms with E-state index in [1.54, 1.807) is 13.8 Å². The van der Waals surface area contributed by atoms with Gasteiger partial charge in [0.05, 0.1) is 18.0 Å². The molecule has 0 spiro atoms. The maximum Gasteiger partial charge on any atom is 0.348 e. The summed E-state index contributed by atoms with van der Waals surface area (Å²) in [7, 11) is 0. The molecule has 0 saturated heterocycles. The van der Waals surface area contributed by atoms with E-state index in [9.17, 15) is 9.59 Å². The van der Waals surface area contributed by atoms with Crippen LogP contribution < -0.4 is 5.56 Å². The lowest BCUT2D eigenvalue weighted by atomic mass is 9.99. The minimum Gasteiger partial charge on any atom is -0.462 e. The predicted octanol–water partition coefficient (Wildman–Crippen LogP) is 4.32. The maximum atomic E-state index is 12.8. The minimum atomic E-state index is -0.401. The van der Waals surface area contributed by atoms with Crippen molar-refractivity contribution < 1.29 is 9.53 Å². The summed E-state index contributed by atoms with van der Waals surface area (Å²) in [4.78, 5) is 35.9. The molecule has 1 aliphatic rings. The van der Waals surface area contributed by atoms with E-state index in [1.165, 1.54) is 22.5 Å². The molecule has 1 N–H and O–H groups in total. The van der Waals surface area contributed by atoms with E-state index in [0.717, 1.165) is 19.5 Å². The number of carbonyl (C=O) groups excluding carboxylic acids is 1. The summed E-state index contributed by atoms with van der Waals surface area (Å²) < 4.78 is 5.11. The summed E-state index contributed by atoms with van der Waals surface area (Å²) in [6.45, 7) is 7.57. The highest BCUT2D eigenvalue weighted by atomic mass is 32.1. The number of ether oxygens (including phenoxy) is 1. The molecule has 0 aliphatic carbocycles. The number of esters is 1. The number of H-pyrrole nitrogens is 1. The van der Waals surface area contributed by atoms with E-state index in [-0.39, 0.29) is 11.6 Å². The number of nitrogens with one attached hydrogen (secondary N) is 1. The second-order valence-corrected chi connectivity index (χ2v) is 8.42. The largest absolute Gasteiger partial charge is 0.462 e. The van der Waals surface area contributed by atoms with E-state index >= 15 is 0 Å². The van der Waals surface area contributed by atoms with Crippen LogP contribution in [0.2, 0.25) is 0 Å². The zero-order chi connectivity index (χ0) is 21.3. The molecule has 3 heterocycles. The third-order valence-corrected chi connectivity index (χ3v) is 6.77. The zero-order valence-electron chi connectivity index (χ0n) is 17.4. The molecule has 4 rings (SSSR count). The number of aromatic nitrogens is 2. The first-order valence-corrected chi connectivity index (χ1v) is 11.0. The lowest BCUT2D eigenvalue weighted by molar-refractivity contribution is 0.0531. The molecule has 0 saturated carbocycles. The first kappa shape index (κ1) is 20.5. The fourth-order valence-corrected chi connectivity index (χ4v) is 4.96. The second kappa shape index (κ2) is 8.53. The van der Waals surface area contributed by atoms with Crippen molar-refractivity contribution >= 4 is 33.1 Å². The van der Waals surface area contributed by atoms with Gasteiger partial charge in [-0.25, -0.2) is 9.78 Å². The minimum absolute atomic E-state index is 0.0378. The molecule has 1 atom stereocenters. The summed E-state index contributed by atoms with van der Waals surface area (Å²) in [5.41, 5.74) is 3.04. The van der Waals surface area contributed by atoms with Crippen LogP contribution in [0.15, 0.2) is 41.2 Å². The van der Waals surface area contributed by atoms with Gasteiger partial charge in [-0.05, 0) is 43.9 Å². The average Bonchev–Trinajstić information content (AvgIpc) is 3.11. The third kappa shape index (κ3) is 3.82. The average molecular weight is 424 g/mol. The molecule has 1 aromatic carbocycles. The number of carbonyl (C=O) groups is 1. The van der Waals surface area contributed by atoms with Crippen LogP contribution in [0, 0.1) is 6.92 Å². The maximum absolute atomic E-state index is 12.8. The number of aryl methyl sites for hydroxylation is 1. The van der Waals surface area contributed by atoms with Crippen LogP contribution in [0.3, 0.4) is 0 Å². The van der Waals surface area contributed by atoms with Crippen LogP contribution in [0.5, 0.6) is 0 Å². The first-order valence-electron chi connectivity index (χ1n) is 10.2. The molecule has 2 aromatic heterocycles. The quantitative estimate of drug-likeness (QED) is 0.619. The standard InChI is InChI=1S/C23H25N3O3S/c1-4-29-23(28)19-14(2)18-21(27)24-20(25-22(18)30-19)15(3)26-12-10-17(11-13-26)16-8-6-5-7-9-16/h5-10,15H,4,11-13H2,1-3H3,(H,24,25,27). The molecular formula is C23H25N3O3S. The summed E-state index contributed by atoms with van der Waals surface area (Å²) in [6.07, 6.45) is 3.20. The number of hydrogen-bond acceptors (Lipinski definition) is 6. The molecule has 1 unspecified atom stereocenters. The van der Waals surface area contributed by atoms with Crippen LogP contribution in [0.4, 0.5) is 0 Å². The first-order chi connectivity index (χ1) is 14.5. The monoisotopic (exact) mass is 423 g/mol. The molecule has 0 radical (unpaired) electrons. The van der Waals surface area contributed by atoms with Gasteiger partial charge in [0.1, 0.15) is 15.5 Å². The number of nitrogens with zero attached hydrogens (tertiary/aromatic N) is 2. The van der Waals surface area contributed by atoms with Crippen molar-refractivity contribution in [3.63, 3.8) is 0 Å². The Hall–Kier alpha value is -2.77. The molecule has 30 heavy (non-hydrogen) atoms. The van der Waals surface area contributed by atoms with E-state index in [4.69, 9.17) is 9.72 Å². The molecule has 6 nitrogen and oxygen atoms in total. The Morgan fingerprint density at radius 3 is 2.77 bits per heavy atom. The molecule has 7 heteroatoms. The summed E-state index contributed by atoms with van der Waals surface area (Å²) in [5, 5.41) is 0.476. The number of fused-ring (bicyclic) bond motifs is 1. The van der Waals surface area contributed by atoms with Gasteiger partial charge in [0.2, 0.25) is 0 Å². The normalized spacial score (nSPS) is 15.8. The Balaban J connectivity index is 1.60. The number of benzene rings is 1. The van der Waals surface area contributed by atoms with E-state index in [0.29, 0.717) is 33.1 Å². The van der Waals surface area contributed by atoms with Gasteiger partial charge in [0.25, 0.3) is 5.56 Å². The summed E-state index contributed by atoms with van der Waals surface area (Å²) >= 11 is 1.23. The van der Waals surface area contributed by atoms with Gasteiger partial charge in [-0.15, -0.1) is 11.3 Å². The van der Waals surface area contributed by atoms with Gasteiger partial charge in [-0.1, -0.05) is 36.4 Å². The molecular weight excluding hydrogens is 398 g/mol. The topological polar surface area (TPSA) is 75.3 Å². The molecule has 156 valence electrons. The number of thiophene rings is 1. The van der Waals surface area contributed by atoms with Gasteiger partial charge in [-0.3, -0.25) is 9.69 Å². The molecule has 3 aromatic rings. The molecule has 0 fully saturated rings. The molecule has 0 bridgehead atoms. The van der Waals surface area contributed by atoms with E-state index in [1.807, 2.05) is 6.07 Å². The smallest absolute Gasteiger partial charge is 0.348 e. The van der Waals surface area contributed by atoms with Gasteiger partial charge < -0.3 is 9.72 Å². The van der Waals surface area contributed by atoms with Crippen LogP contribution in [0.25, 0.3) is 15.8 Å². The SMILES string of the molecule is CCOC(=O)c1sc2nc(C(C)N3CC=C(c4ccccc4)CC3)[nH]c(=O)c2c1C. The Bertz CT molecular complexity index is 1160. The molecule has 0 amide bonds. The zero-order valence-corrected chi connectivity index (χ0v) is 18.2. The Morgan fingerprint density at radius 1 is 1.33 bits per heavy atom. The Labute approximate surface area is 179 Å². The summed E-state index contributed by atoms with van der Waals surface area (Å²) in [6, 6.07) is 10.4. The van der Waals surface area contributed by atoms with Crippen LogP contribution >= 0.6 is 11.3 Å². The van der Waals surface area contributed by atoms with Gasteiger partial charge in [-0.2, -0.15) is 0 Å². The van der Waals surface area contributed by atoms with Crippen LogP contribution in [-0.4, -0.2) is 40.5 Å². The van der Waals surface area contributed by atoms with Crippen molar-refractivity contribution in [3.05, 3.63) is 68.6 Å².